The Morgan fingerprint density at radius 1 is 1.00 bits per heavy atom. The number of hydrogen-bond donors (Lipinski definition) is 0. The summed E-state index contributed by atoms with van der Waals surface area (Å²) in [6, 6.07) is 16.3. The van der Waals surface area contributed by atoms with Crippen LogP contribution in [-0.4, -0.2) is 36.3 Å². The molecular weight excluding hydrogens is 514 g/mol. The van der Waals surface area contributed by atoms with Crippen LogP contribution < -0.4 is 4.74 Å². The van der Waals surface area contributed by atoms with Crippen LogP contribution in [0, 0.1) is 11.7 Å². The quantitative estimate of drug-likeness (QED) is 0.265. The normalized spacial score (nSPS) is 18.3. The monoisotopic (exact) mass is 541 g/mol. The van der Waals surface area contributed by atoms with Crippen LogP contribution in [0.15, 0.2) is 60.7 Å². The molecule has 0 unspecified atom stereocenters. The largest absolute Gasteiger partial charge is 0.573 e. The molecule has 3 aromatic carbocycles. The molecule has 0 spiro atoms. The number of carbonyl (C=O) groups is 2. The molecular formula is C30H27F4NO4. The predicted molar refractivity (Wildman–Crippen MR) is 135 cm³/mol. The van der Waals surface area contributed by atoms with Crippen molar-refractivity contribution in [2.45, 2.75) is 45.0 Å². The van der Waals surface area contributed by atoms with Gasteiger partial charge in [-0.1, -0.05) is 42.5 Å². The second-order valence-electron chi connectivity index (χ2n) is 9.78. The van der Waals surface area contributed by atoms with E-state index in [0.29, 0.717) is 28.8 Å². The number of rotatable bonds is 7. The first kappa shape index (κ1) is 26.7. The van der Waals surface area contributed by atoms with Crippen LogP contribution in [-0.2, 0) is 33.7 Å². The summed E-state index contributed by atoms with van der Waals surface area (Å²) >= 11 is 0. The van der Waals surface area contributed by atoms with Crippen LogP contribution >= 0.6 is 0 Å². The summed E-state index contributed by atoms with van der Waals surface area (Å²) in [6.45, 7) is 2.21. The molecule has 9 heteroatoms. The van der Waals surface area contributed by atoms with Gasteiger partial charge in [-0.15, -0.1) is 13.2 Å². The first-order valence-electron chi connectivity index (χ1n) is 12.8. The van der Waals surface area contributed by atoms with Crippen molar-refractivity contribution >= 4 is 11.9 Å². The lowest BCUT2D eigenvalue weighted by molar-refractivity contribution is -0.274. The highest BCUT2D eigenvalue weighted by molar-refractivity contribution is 5.84. The molecule has 0 aromatic heterocycles. The maximum absolute atomic E-state index is 14.9. The van der Waals surface area contributed by atoms with Gasteiger partial charge in [0.15, 0.2) is 0 Å². The van der Waals surface area contributed by atoms with Crippen LogP contribution in [0.3, 0.4) is 0 Å². The fraction of sp³-hybridized carbons (Fsp3) is 0.333. The maximum Gasteiger partial charge on any atom is 0.573 e. The molecule has 0 radical (unpaired) electrons. The molecule has 5 nitrogen and oxygen atoms in total. The Kier molecular flexibility index (Phi) is 7.34. The van der Waals surface area contributed by atoms with Gasteiger partial charge in [0, 0.05) is 24.6 Å². The van der Waals surface area contributed by atoms with Crippen molar-refractivity contribution < 1.29 is 36.6 Å². The van der Waals surface area contributed by atoms with Crippen molar-refractivity contribution in [1.29, 1.82) is 0 Å². The maximum atomic E-state index is 14.9. The van der Waals surface area contributed by atoms with Crippen molar-refractivity contribution in [3.05, 3.63) is 88.7 Å². The van der Waals surface area contributed by atoms with Crippen molar-refractivity contribution in [3.63, 3.8) is 0 Å². The molecule has 3 aromatic rings. The molecule has 1 aliphatic carbocycles. The van der Waals surface area contributed by atoms with E-state index < -0.39 is 23.9 Å². The zero-order chi connectivity index (χ0) is 27.7. The minimum absolute atomic E-state index is 0.0486. The number of fused-ring (bicyclic) bond motifs is 1. The Bertz CT molecular complexity index is 1390. The summed E-state index contributed by atoms with van der Waals surface area (Å²) in [7, 11) is 0. The molecule has 2 aliphatic rings. The molecule has 1 amide bonds. The van der Waals surface area contributed by atoms with Crippen LogP contribution in [0.1, 0.15) is 41.5 Å². The topological polar surface area (TPSA) is 55.8 Å². The summed E-state index contributed by atoms with van der Waals surface area (Å²) in [5.74, 6) is -1.58. The van der Waals surface area contributed by atoms with E-state index in [-0.39, 0.29) is 49.3 Å². The van der Waals surface area contributed by atoms with Gasteiger partial charge in [-0.25, -0.2) is 4.39 Å². The highest BCUT2D eigenvalue weighted by atomic mass is 19.4. The highest BCUT2D eigenvalue weighted by Crippen LogP contribution is 2.49. The molecule has 1 fully saturated rings. The third-order valence-corrected chi connectivity index (χ3v) is 7.22. The minimum Gasteiger partial charge on any atom is -0.466 e. The zero-order valence-corrected chi connectivity index (χ0v) is 21.3. The van der Waals surface area contributed by atoms with E-state index >= 15 is 0 Å². The predicted octanol–water partition coefficient (Wildman–Crippen LogP) is 6.19. The standard InChI is InChI=1S/C30H27F4NO4/c1-2-38-28(36)15-18-8-11-27(39-30(32,33)34)23(14-18)20-9-10-26(31)21-12-13-35(17-25(20)21)29(37)24-16-22(24)19-6-4-3-5-7-19/h3-11,14,22,24H,2,12-13,15-17H2,1H3/t22-,24+/m0/s1. The number of benzene rings is 3. The molecule has 0 saturated heterocycles. The van der Waals surface area contributed by atoms with Gasteiger partial charge in [0.25, 0.3) is 0 Å². The van der Waals surface area contributed by atoms with Gasteiger partial charge < -0.3 is 14.4 Å². The van der Waals surface area contributed by atoms with Crippen LogP contribution in [0.4, 0.5) is 17.6 Å². The number of nitrogens with zero attached hydrogens (tertiary/aromatic N) is 1. The third-order valence-electron chi connectivity index (χ3n) is 7.22. The number of carbonyl (C=O) groups excluding carboxylic acids is 2. The van der Waals surface area contributed by atoms with Gasteiger partial charge in [0.05, 0.1) is 13.0 Å². The summed E-state index contributed by atoms with van der Waals surface area (Å²) in [4.78, 5) is 27.1. The van der Waals surface area contributed by atoms with E-state index in [1.165, 1.54) is 24.3 Å². The SMILES string of the molecule is CCOC(=O)Cc1ccc(OC(F)(F)F)c(-c2ccc(F)c3c2CN(C(=O)[C@@H]2C[C@H]2c2ccccc2)CC3)c1. The van der Waals surface area contributed by atoms with E-state index in [4.69, 9.17) is 4.74 Å². The Morgan fingerprint density at radius 2 is 1.77 bits per heavy atom. The number of ether oxygens (including phenoxy) is 2. The second kappa shape index (κ2) is 10.7. The van der Waals surface area contributed by atoms with Gasteiger partial charge in [-0.05, 0) is 71.7 Å². The Morgan fingerprint density at radius 3 is 2.49 bits per heavy atom. The highest BCUT2D eigenvalue weighted by Gasteiger charge is 2.46. The number of hydrogen-bond acceptors (Lipinski definition) is 4. The van der Waals surface area contributed by atoms with E-state index in [2.05, 4.69) is 4.74 Å². The Balaban J connectivity index is 1.48. The molecule has 1 heterocycles. The van der Waals surface area contributed by atoms with E-state index in [1.807, 2.05) is 30.3 Å². The molecule has 204 valence electrons. The lowest BCUT2D eigenvalue weighted by Crippen LogP contribution is -2.37. The Hall–Kier alpha value is -3.88. The van der Waals surface area contributed by atoms with Crippen LogP contribution in [0.2, 0.25) is 0 Å². The fourth-order valence-electron chi connectivity index (χ4n) is 5.33. The molecule has 1 aliphatic heterocycles. The summed E-state index contributed by atoms with van der Waals surface area (Å²) in [6.07, 6.45) is -4.15. The zero-order valence-electron chi connectivity index (χ0n) is 21.3. The molecule has 39 heavy (non-hydrogen) atoms. The smallest absolute Gasteiger partial charge is 0.466 e. The van der Waals surface area contributed by atoms with E-state index in [9.17, 15) is 27.2 Å². The van der Waals surface area contributed by atoms with Crippen molar-refractivity contribution in [2.24, 2.45) is 5.92 Å². The second-order valence-corrected chi connectivity index (χ2v) is 9.78. The molecule has 0 bridgehead atoms. The first-order chi connectivity index (χ1) is 18.6. The minimum atomic E-state index is -4.96. The first-order valence-corrected chi connectivity index (χ1v) is 12.8. The average molecular weight is 542 g/mol. The molecule has 2 atom stereocenters. The van der Waals surface area contributed by atoms with Gasteiger partial charge in [-0.2, -0.15) is 0 Å². The van der Waals surface area contributed by atoms with E-state index in [1.54, 1.807) is 11.8 Å². The summed E-state index contributed by atoms with van der Waals surface area (Å²) < 4.78 is 64.0. The van der Waals surface area contributed by atoms with E-state index in [0.717, 1.165) is 18.1 Å². The summed E-state index contributed by atoms with van der Waals surface area (Å²) in [5.41, 5.74) is 2.70. The lowest BCUT2D eigenvalue weighted by atomic mass is 9.89. The van der Waals surface area contributed by atoms with Gasteiger partial charge >= 0.3 is 12.3 Å². The van der Waals surface area contributed by atoms with Crippen LogP contribution in [0.5, 0.6) is 5.75 Å². The van der Waals surface area contributed by atoms with Gasteiger partial charge in [0.2, 0.25) is 5.91 Å². The van der Waals surface area contributed by atoms with Gasteiger partial charge in [0.1, 0.15) is 11.6 Å². The fourth-order valence-corrected chi connectivity index (χ4v) is 5.33. The number of halogens is 4. The molecule has 1 saturated carbocycles. The third kappa shape index (κ3) is 5.92. The van der Waals surface area contributed by atoms with Crippen molar-refractivity contribution in [1.82, 2.24) is 4.90 Å². The lowest BCUT2D eigenvalue weighted by Gasteiger charge is -2.31. The Labute approximate surface area is 223 Å². The average Bonchev–Trinajstić information content (AvgIpc) is 3.70. The van der Waals surface area contributed by atoms with Gasteiger partial charge in [-0.3, -0.25) is 9.59 Å². The number of esters is 1. The molecule has 0 N–H and O–H groups in total. The summed E-state index contributed by atoms with van der Waals surface area (Å²) in [5, 5.41) is 0. The van der Waals surface area contributed by atoms with Crippen molar-refractivity contribution in [3.8, 4) is 16.9 Å². The molecule has 5 rings (SSSR count). The van der Waals surface area contributed by atoms with Crippen molar-refractivity contribution in [2.75, 3.05) is 13.2 Å². The number of amides is 1. The number of alkyl halides is 3. The van der Waals surface area contributed by atoms with Crippen LogP contribution in [0.25, 0.3) is 11.1 Å².